The summed E-state index contributed by atoms with van der Waals surface area (Å²) in [5.41, 5.74) is 5.72. The number of likely N-dealkylation sites (tertiary alicyclic amines) is 1. The molecule has 0 bridgehead atoms. The smallest absolute Gasteiger partial charge is 0.232 e. The Bertz CT molecular complexity index is 361. The van der Waals surface area contributed by atoms with Gasteiger partial charge in [0, 0.05) is 19.6 Å². The molecule has 1 fully saturated rings. The lowest BCUT2D eigenvalue weighted by molar-refractivity contribution is -0.129. The molecule has 5 heteroatoms. The molecular formula is C13H20N2O2S. The summed E-state index contributed by atoms with van der Waals surface area (Å²) in [6.45, 7) is 2.31. The maximum absolute atomic E-state index is 12.0. The van der Waals surface area contributed by atoms with Crippen LogP contribution in [0.2, 0.25) is 0 Å². The molecule has 1 aromatic rings. The van der Waals surface area contributed by atoms with Crippen LogP contribution in [0.3, 0.4) is 0 Å². The number of amides is 1. The van der Waals surface area contributed by atoms with Crippen LogP contribution in [0.4, 0.5) is 0 Å². The summed E-state index contributed by atoms with van der Waals surface area (Å²) < 4.78 is 5.34. The van der Waals surface area contributed by atoms with Crippen molar-refractivity contribution in [3.8, 4) is 0 Å². The Morgan fingerprint density at radius 1 is 1.44 bits per heavy atom. The first-order valence-electron chi connectivity index (χ1n) is 6.44. The predicted octanol–water partition coefficient (Wildman–Crippen LogP) is 2.03. The Labute approximate surface area is 112 Å². The topological polar surface area (TPSA) is 59.5 Å². The van der Waals surface area contributed by atoms with Crippen molar-refractivity contribution >= 4 is 17.7 Å². The van der Waals surface area contributed by atoms with Gasteiger partial charge in [0.25, 0.3) is 0 Å². The van der Waals surface area contributed by atoms with Gasteiger partial charge in [0.15, 0.2) is 0 Å². The highest BCUT2D eigenvalue weighted by Gasteiger charge is 2.19. The molecule has 1 amide bonds. The molecule has 2 heterocycles. The van der Waals surface area contributed by atoms with Crippen molar-refractivity contribution in [1.82, 2.24) is 4.90 Å². The Balaban J connectivity index is 1.80. The van der Waals surface area contributed by atoms with Crippen molar-refractivity contribution in [1.29, 1.82) is 0 Å². The van der Waals surface area contributed by atoms with Crippen LogP contribution < -0.4 is 5.73 Å². The highest BCUT2D eigenvalue weighted by Crippen LogP contribution is 2.28. The number of carbonyl (C=O) groups is 1. The lowest BCUT2D eigenvalue weighted by Gasteiger charge is -2.27. The van der Waals surface area contributed by atoms with E-state index in [1.54, 1.807) is 18.0 Å². The minimum Gasteiger partial charge on any atom is -0.468 e. The number of thioether (sulfide) groups is 1. The first-order chi connectivity index (χ1) is 8.81. The molecular weight excluding hydrogens is 248 g/mol. The van der Waals surface area contributed by atoms with Crippen LogP contribution in [0.25, 0.3) is 0 Å². The summed E-state index contributed by atoms with van der Waals surface area (Å²) in [5.74, 6) is 1.57. The van der Waals surface area contributed by atoms with E-state index in [1.807, 2.05) is 17.0 Å². The van der Waals surface area contributed by atoms with Crippen molar-refractivity contribution in [3.63, 3.8) is 0 Å². The molecule has 1 aliphatic heterocycles. The Morgan fingerprint density at radius 2 is 2.22 bits per heavy atom. The monoisotopic (exact) mass is 268 g/mol. The fraction of sp³-hybridized carbons (Fsp3) is 0.615. The quantitative estimate of drug-likeness (QED) is 0.887. The maximum Gasteiger partial charge on any atom is 0.232 e. The molecule has 18 heavy (non-hydrogen) atoms. The van der Waals surface area contributed by atoms with Crippen molar-refractivity contribution in [2.75, 3.05) is 25.4 Å². The number of nitrogens with zero attached hydrogens (tertiary/aromatic N) is 1. The molecule has 1 unspecified atom stereocenters. The van der Waals surface area contributed by atoms with Crippen LogP contribution in [0.15, 0.2) is 22.8 Å². The summed E-state index contributed by atoms with van der Waals surface area (Å²) in [5, 5.41) is 0.0775. The van der Waals surface area contributed by atoms with Gasteiger partial charge in [0.05, 0.1) is 17.3 Å². The zero-order valence-electron chi connectivity index (χ0n) is 10.5. The van der Waals surface area contributed by atoms with E-state index in [4.69, 9.17) is 10.2 Å². The standard InChI is InChI=1S/C13H20N2O2S/c14-9-12(11-5-4-8-17-11)18-10-13(16)15-6-2-1-3-7-15/h4-5,8,12H,1-3,6-7,9-10,14H2. The molecule has 4 nitrogen and oxygen atoms in total. The van der Waals surface area contributed by atoms with Gasteiger partial charge in [-0.05, 0) is 31.4 Å². The van der Waals surface area contributed by atoms with E-state index >= 15 is 0 Å². The molecule has 0 aliphatic carbocycles. The summed E-state index contributed by atoms with van der Waals surface area (Å²) in [7, 11) is 0. The Kier molecular flexibility index (Phi) is 5.13. The molecule has 100 valence electrons. The van der Waals surface area contributed by atoms with Gasteiger partial charge in [0.2, 0.25) is 5.91 Å². The number of carbonyl (C=O) groups excluding carboxylic acids is 1. The van der Waals surface area contributed by atoms with Crippen molar-refractivity contribution in [2.24, 2.45) is 5.73 Å². The van der Waals surface area contributed by atoms with Crippen LogP contribution in [0, 0.1) is 0 Å². The molecule has 2 N–H and O–H groups in total. The highest BCUT2D eigenvalue weighted by molar-refractivity contribution is 8.00. The van der Waals surface area contributed by atoms with Gasteiger partial charge < -0.3 is 15.1 Å². The van der Waals surface area contributed by atoms with Crippen molar-refractivity contribution in [2.45, 2.75) is 24.5 Å². The molecule has 1 aliphatic rings. The first-order valence-corrected chi connectivity index (χ1v) is 7.49. The minimum atomic E-state index is 0.0775. The van der Waals surface area contributed by atoms with E-state index in [2.05, 4.69) is 0 Å². The largest absolute Gasteiger partial charge is 0.468 e. The van der Waals surface area contributed by atoms with Gasteiger partial charge in [0.1, 0.15) is 5.76 Å². The average Bonchev–Trinajstić information content (AvgIpc) is 2.94. The lowest BCUT2D eigenvalue weighted by atomic mass is 10.1. The molecule has 1 atom stereocenters. The van der Waals surface area contributed by atoms with E-state index < -0.39 is 0 Å². The van der Waals surface area contributed by atoms with Crippen LogP contribution in [0.1, 0.15) is 30.3 Å². The number of hydrogen-bond donors (Lipinski definition) is 1. The Hall–Kier alpha value is -0.940. The minimum absolute atomic E-state index is 0.0775. The van der Waals surface area contributed by atoms with E-state index in [0.717, 1.165) is 31.7 Å². The third kappa shape index (κ3) is 3.53. The van der Waals surface area contributed by atoms with Gasteiger partial charge in [-0.2, -0.15) is 0 Å². The highest BCUT2D eigenvalue weighted by atomic mass is 32.2. The van der Waals surface area contributed by atoms with Crippen LogP contribution in [-0.4, -0.2) is 36.2 Å². The number of rotatable bonds is 5. The van der Waals surface area contributed by atoms with Crippen molar-refractivity contribution in [3.05, 3.63) is 24.2 Å². The molecule has 0 aromatic carbocycles. The summed E-state index contributed by atoms with van der Waals surface area (Å²) in [6.07, 6.45) is 5.16. The van der Waals surface area contributed by atoms with Crippen LogP contribution in [-0.2, 0) is 4.79 Å². The van der Waals surface area contributed by atoms with Gasteiger partial charge in [-0.3, -0.25) is 4.79 Å². The summed E-state index contributed by atoms with van der Waals surface area (Å²) >= 11 is 1.57. The second kappa shape index (κ2) is 6.85. The maximum atomic E-state index is 12.0. The zero-order valence-corrected chi connectivity index (χ0v) is 11.3. The van der Waals surface area contributed by atoms with E-state index in [0.29, 0.717) is 12.3 Å². The summed E-state index contributed by atoms with van der Waals surface area (Å²) in [6, 6.07) is 3.76. The normalized spacial score (nSPS) is 17.7. The number of piperidine rings is 1. The van der Waals surface area contributed by atoms with Gasteiger partial charge in [-0.15, -0.1) is 11.8 Å². The number of hydrogen-bond acceptors (Lipinski definition) is 4. The predicted molar refractivity (Wildman–Crippen MR) is 73.4 cm³/mol. The molecule has 0 spiro atoms. The second-order valence-electron chi connectivity index (χ2n) is 4.49. The van der Waals surface area contributed by atoms with E-state index in [1.165, 1.54) is 6.42 Å². The van der Waals surface area contributed by atoms with Crippen molar-refractivity contribution < 1.29 is 9.21 Å². The third-order valence-electron chi connectivity index (χ3n) is 3.19. The summed E-state index contributed by atoms with van der Waals surface area (Å²) in [4.78, 5) is 14.0. The fourth-order valence-corrected chi connectivity index (χ4v) is 3.11. The van der Waals surface area contributed by atoms with E-state index in [-0.39, 0.29) is 11.2 Å². The van der Waals surface area contributed by atoms with Gasteiger partial charge in [-0.1, -0.05) is 0 Å². The molecule has 2 rings (SSSR count). The third-order valence-corrected chi connectivity index (χ3v) is 4.43. The first kappa shape index (κ1) is 13.5. The van der Waals surface area contributed by atoms with Gasteiger partial charge in [-0.25, -0.2) is 0 Å². The number of nitrogens with two attached hydrogens (primary N) is 1. The molecule has 1 aromatic heterocycles. The van der Waals surface area contributed by atoms with E-state index in [9.17, 15) is 4.79 Å². The number of furan rings is 1. The second-order valence-corrected chi connectivity index (χ2v) is 5.68. The van der Waals surface area contributed by atoms with Crippen LogP contribution in [0.5, 0.6) is 0 Å². The molecule has 0 radical (unpaired) electrons. The Morgan fingerprint density at radius 3 is 2.83 bits per heavy atom. The fourth-order valence-electron chi connectivity index (χ4n) is 2.15. The SMILES string of the molecule is NCC(SCC(=O)N1CCCCC1)c1ccco1. The van der Waals surface area contributed by atoms with Crippen LogP contribution >= 0.6 is 11.8 Å². The average molecular weight is 268 g/mol. The lowest BCUT2D eigenvalue weighted by Crippen LogP contribution is -2.37. The zero-order chi connectivity index (χ0) is 12.8. The molecule has 1 saturated heterocycles. The molecule has 0 saturated carbocycles. The van der Waals surface area contributed by atoms with Gasteiger partial charge >= 0.3 is 0 Å².